The van der Waals surface area contributed by atoms with Crippen molar-refractivity contribution < 1.29 is 23.1 Å². The average Bonchev–Trinajstić information content (AvgIpc) is 3.36. The van der Waals surface area contributed by atoms with E-state index in [0.29, 0.717) is 25.3 Å². The molecule has 4 rings (SSSR count). The summed E-state index contributed by atoms with van der Waals surface area (Å²) in [5.41, 5.74) is 2.74. The third-order valence-corrected chi connectivity index (χ3v) is 5.47. The fourth-order valence-corrected chi connectivity index (χ4v) is 3.91. The number of halogens is 1. The smallest absolute Gasteiger partial charge is 0.290 e. The number of nitrogens with zero attached hydrogens (tertiary/aromatic N) is 1. The Morgan fingerprint density at radius 2 is 2.00 bits per heavy atom. The van der Waals surface area contributed by atoms with Gasteiger partial charge < -0.3 is 19.4 Å². The van der Waals surface area contributed by atoms with Crippen molar-refractivity contribution in [1.29, 1.82) is 0 Å². The molecule has 0 fully saturated rings. The number of carbonyl (C=O) groups is 2. The molecule has 2 amide bonds. The van der Waals surface area contributed by atoms with Crippen LogP contribution in [-0.2, 0) is 11.2 Å². The minimum atomic E-state index is -0.436. The number of carbonyl (C=O) groups excluding carboxylic acids is 2. The lowest BCUT2D eigenvalue weighted by molar-refractivity contribution is -0.123. The molecule has 0 saturated heterocycles. The molecule has 0 spiro atoms. The van der Waals surface area contributed by atoms with Crippen molar-refractivity contribution in [3.05, 3.63) is 89.1 Å². The first kappa shape index (κ1) is 21.6. The normalized spacial score (nSPS) is 15.2. The summed E-state index contributed by atoms with van der Waals surface area (Å²) in [5, 5.41) is 2.78. The minimum absolute atomic E-state index is 0.0883. The van der Waals surface area contributed by atoms with Crippen molar-refractivity contribution in [1.82, 2.24) is 10.2 Å². The van der Waals surface area contributed by atoms with Crippen LogP contribution in [0, 0.1) is 5.82 Å². The van der Waals surface area contributed by atoms with Crippen LogP contribution in [0.2, 0.25) is 0 Å². The first-order chi connectivity index (χ1) is 15.6. The van der Waals surface area contributed by atoms with Gasteiger partial charge in [0, 0.05) is 13.1 Å². The van der Waals surface area contributed by atoms with E-state index in [0.717, 1.165) is 23.1 Å². The molecule has 1 aliphatic rings. The van der Waals surface area contributed by atoms with Crippen molar-refractivity contribution in [3.8, 4) is 5.75 Å². The van der Waals surface area contributed by atoms with E-state index in [-0.39, 0.29) is 30.0 Å². The molecule has 0 aliphatic carbocycles. The molecule has 2 heterocycles. The van der Waals surface area contributed by atoms with Crippen LogP contribution in [0.25, 0.3) is 0 Å². The van der Waals surface area contributed by atoms with E-state index in [1.54, 1.807) is 29.2 Å². The third kappa shape index (κ3) is 4.66. The molecular weight excluding hydrogens is 411 g/mol. The van der Waals surface area contributed by atoms with Gasteiger partial charge >= 0.3 is 0 Å². The number of furan rings is 1. The second kappa shape index (κ2) is 9.68. The summed E-state index contributed by atoms with van der Waals surface area (Å²) >= 11 is 0. The Morgan fingerprint density at radius 1 is 1.19 bits per heavy atom. The fourth-order valence-electron chi connectivity index (χ4n) is 3.91. The molecule has 2 aromatic carbocycles. The zero-order valence-electron chi connectivity index (χ0n) is 17.8. The van der Waals surface area contributed by atoms with Crippen LogP contribution in [-0.4, -0.2) is 36.4 Å². The maximum absolute atomic E-state index is 13.6. The number of benzene rings is 2. The van der Waals surface area contributed by atoms with Gasteiger partial charge in [-0.2, -0.15) is 0 Å². The van der Waals surface area contributed by atoms with E-state index >= 15 is 0 Å². The Hall–Kier alpha value is -3.61. The minimum Gasteiger partial charge on any atom is -0.484 e. The molecule has 0 saturated carbocycles. The topological polar surface area (TPSA) is 71.8 Å². The summed E-state index contributed by atoms with van der Waals surface area (Å²) < 4.78 is 24.7. The Bertz CT molecular complexity index is 1080. The summed E-state index contributed by atoms with van der Waals surface area (Å²) in [5.74, 6) is 0.0220. The molecule has 1 atom stereocenters. The van der Waals surface area contributed by atoms with Crippen LogP contribution in [0.1, 0.15) is 46.6 Å². The maximum atomic E-state index is 13.6. The van der Waals surface area contributed by atoms with Crippen molar-refractivity contribution in [2.24, 2.45) is 0 Å². The van der Waals surface area contributed by atoms with Crippen molar-refractivity contribution >= 4 is 11.8 Å². The largest absolute Gasteiger partial charge is 0.484 e. The van der Waals surface area contributed by atoms with Crippen molar-refractivity contribution in [2.45, 2.75) is 25.8 Å². The molecule has 3 aromatic rings. The maximum Gasteiger partial charge on any atom is 0.290 e. The third-order valence-electron chi connectivity index (χ3n) is 5.47. The fraction of sp³-hybridized carbons (Fsp3) is 0.280. The molecule has 0 radical (unpaired) electrons. The number of nitrogens with one attached hydrogen (secondary N) is 1. The van der Waals surface area contributed by atoms with Gasteiger partial charge in [-0.05, 0) is 65.9 Å². The standard InChI is InChI=1S/C25H25FN2O4/c1-2-12-27-23(29)16-32-20-10-7-17-11-13-28(25(30)22-4-3-14-31-22)24(21(17)15-20)18-5-8-19(26)9-6-18/h3-10,14-15,24H,2,11-13,16H2,1H3,(H,27,29). The van der Waals surface area contributed by atoms with Gasteiger partial charge in [-0.3, -0.25) is 9.59 Å². The first-order valence-corrected chi connectivity index (χ1v) is 10.7. The van der Waals surface area contributed by atoms with Gasteiger partial charge in [-0.25, -0.2) is 4.39 Å². The second-order valence-corrected chi connectivity index (χ2v) is 7.68. The molecule has 0 bridgehead atoms. The first-order valence-electron chi connectivity index (χ1n) is 10.7. The van der Waals surface area contributed by atoms with Gasteiger partial charge in [-0.15, -0.1) is 0 Å². The molecule has 1 N–H and O–H groups in total. The lowest BCUT2D eigenvalue weighted by Crippen LogP contribution is -2.40. The monoisotopic (exact) mass is 436 g/mol. The molecule has 1 aromatic heterocycles. The van der Waals surface area contributed by atoms with Gasteiger partial charge in [0.25, 0.3) is 11.8 Å². The molecule has 166 valence electrons. The van der Waals surface area contributed by atoms with Crippen LogP contribution >= 0.6 is 0 Å². The van der Waals surface area contributed by atoms with Crippen molar-refractivity contribution in [3.63, 3.8) is 0 Å². The van der Waals surface area contributed by atoms with Crippen LogP contribution in [0.15, 0.2) is 65.3 Å². The predicted molar refractivity (Wildman–Crippen MR) is 117 cm³/mol. The molecule has 7 heteroatoms. The van der Waals surface area contributed by atoms with Gasteiger partial charge in [0.15, 0.2) is 12.4 Å². The molecule has 1 unspecified atom stereocenters. The lowest BCUT2D eigenvalue weighted by atomic mass is 9.87. The molecular formula is C25H25FN2O4. The highest BCUT2D eigenvalue weighted by molar-refractivity contribution is 5.92. The lowest BCUT2D eigenvalue weighted by Gasteiger charge is -2.37. The number of fused-ring (bicyclic) bond motifs is 1. The number of amides is 2. The zero-order chi connectivity index (χ0) is 22.5. The van der Waals surface area contributed by atoms with E-state index in [1.807, 2.05) is 25.1 Å². The Balaban J connectivity index is 1.66. The second-order valence-electron chi connectivity index (χ2n) is 7.68. The number of ether oxygens (including phenoxy) is 1. The van der Waals surface area contributed by atoms with E-state index in [4.69, 9.17) is 9.15 Å². The van der Waals surface area contributed by atoms with E-state index < -0.39 is 6.04 Å². The van der Waals surface area contributed by atoms with E-state index in [9.17, 15) is 14.0 Å². The van der Waals surface area contributed by atoms with Crippen LogP contribution in [0.3, 0.4) is 0 Å². The van der Waals surface area contributed by atoms with Crippen LogP contribution in [0.5, 0.6) is 5.75 Å². The number of hydrogen-bond acceptors (Lipinski definition) is 4. The Labute approximate surface area is 186 Å². The Kier molecular flexibility index (Phi) is 6.54. The van der Waals surface area contributed by atoms with Crippen LogP contribution < -0.4 is 10.1 Å². The zero-order valence-corrected chi connectivity index (χ0v) is 17.8. The predicted octanol–water partition coefficient (Wildman–Crippen LogP) is 4.11. The molecule has 1 aliphatic heterocycles. The van der Waals surface area contributed by atoms with Gasteiger partial charge in [0.1, 0.15) is 11.6 Å². The van der Waals surface area contributed by atoms with Crippen molar-refractivity contribution in [2.75, 3.05) is 19.7 Å². The van der Waals surface area contributed by atoms with Gasteiger partial charge in [0.2, 0.25) is 0 Å². The summed E-state index contributed by atoms with van der Waals surface area (Å²) in [6.45, 7) is 2.99. The van der Waals surface area contributed by atoms with E-state index in [2.05, 4.69) is 5.32 Å². The summed E-state index contributed by atoms with van der Waals surface area (Å²) in [4.78, 5) is 26.8. The summed E-state index contributed by atoms with van der Waals surface area (Å²) in [7, 11) is 0. The molecule has 32 heavy (non-hydrogen) atoms. The SMILES string of the molecule is CCCNC(=O)COc1ccc2c(c1)C(c1ccc(F)cc1)N(C(=O)c1ccco1)CC2. The van der Waals surface area contributed by atoms with E-state index in [1.165, 1.54) is 18.4 Å². The highest BCUT2D eigenvalue weighted by Gasteiger charge is 2.34. The number of hydrogen-bond donors (Lipinski definition) is 1. The highest BCUT2D eigenvalue weighted by atomic mass is 19.1. The Morgan fingerprint density at radius 3 is 2.72 bits per heavy atom. The summed E-state index contributed by atoms with van der Waals surface area (Å²) in [6, 6.07) is 14.7. The molecule has 6 nitrogen and oxygen atoms in total. The van der Waals surface area contributed by atoms with Gasteiger partial charge in [-0.1, -0.05) is 25.1 Å². The average molecular weight is 436 g/mol. The van der Waals surface area contributed by atoms with Gasteiger partial charge in [0.05, 0.1) is 12.3 Å². The van der Waals surface area contributed by atoms with Crippen LogP contribution in [0.4, 0.5) is 4.39 Å². The number of rotatable bonds is 7. The summed E-state index contributed by atoms with van der Waals surface area (Å²) in [6.07, 6.45) is 2.98. The highest BCUT2D eigenvalue weighted by Crippen LogP contribution is 2.38. The quantitative estimate of drug-likeness (QED) is 0.605.